The maximum absolute atomic E-state index is 13.3. The summed E-state index contributed by atoms with van der Waals surface area (Å²) in [6.07, 6.45) is 1.89. The molecule has 0 bridgehead atoms. The molecule has 1 aliphatic rings. The molecule has 0 saturated carbocycles. The number of hydroxylamine groups is 2. The molecule has 16 heavy (non-hydrogen) atoms. The van der Waals surface area contributed by atoms with Crippen molar-refractivity contribution in [2.75, 3.05) is 13.2 Å². The molecule has 4 heteroatoms. The summed E-state index contributed by atoms with van der Waals surface area (Å²) >= 11 is 0. The molecule has 0 aromatic heterocycles. The third-order valence-corrected chi connectivity index (χ3v) is 2.65. The molecule has 3 nitrogen and oxygen atoms in total. The molecule has 2 rings (SSSR count). The Morgan fingerprint density at radius 2 is 2.25 bits per heavy atom. The third-order valence-electron chi connectivity index (χ3n) is 2.65. The van der Waals surface area contributed by atoms with Gasteiger partial charge >= 0.3 is 0 Å². The molecular weight excluding hydrogens is 209 g/mol. The van der Waals surface area contributed by atoms with Gasteiger partial charge in [0.1, 0.15) is 5.82 Å². The van der Waals surface area contributed by atoms with Gasteiger partial charge in [-0.15, -0.1) is 0 Å². The first-order valence-corrected chi connectivity index (χ1v) is 5.39. The van der Waals surface area contributed by atoms with Crippen molar-refractivity contribution in [2.24, 2.45) is 0 Å². The lowest BCUT2D eigenvalue weighted by Crippen LogP contribution is -2.35. The van der Waals surface area contributed by atoms with Crippen LogP contribution in [0.15, 0.2) is 18.2 Å². The van der Waals surface area contributed by atoms with Crippen LogP contribution in [0.3, 0.4) is 0 Å². The zero-order valence-electron chi connectivity index (χ0n) is 9.20. The molecule has 0 unspecified atom stereocenters. The van der Waals surface area contributed by atoms with Crippen LogP contribution in [0, 0.1) is 12.7 Å². The van der Waals surface area contributed by atoms with E-state index >= 15 is 0 Å². The number of nitrogens with zero attached hydrogens (tertiary/aromatic N) is 1. The Morgan fingerprint density at radius 3 is 2.88 bits per heavy atom. The van der Waals surface area contributed by atoms with E-state index in [9.17, 15) is 9.18 Å². The van der Waals surface area contributed by atoms with E-state index in [1.807, 2.05) is 0 Å². The van der Waals surface area contributed by atoms with E-state index in [0.29, 0.717) is 24.3 Å². The van der Waals surface area contributed by atoms with Gasteiger partial charge in [0.15, 0.2) is 0 Å². The van der Waals surface area contributed by atoms with Gasteiger partial charge in [-0.2, -0.15) is 0 Å². The molecule has 0 atom stereocenters. The van der Waals surface area contributed by atoms with Crippen molar-refractivity contribution in [3.63, 3.8) is 0 Å². The normalized spacial score (nSPS) is 16.2. The second-order valence-corrected chi connectivity index (χ2v) is 3.91. The number of benzene rings is 1. The molecule has 1 amide bonds. The van der Waals surface area contributed by atoms with Crippen LogP contribution in [-0.4, -0.2) is 24.1 Å². The van der Waals surface area contributed by atoms with Gasteiger partial charge in [0.05, 0.1) is 6.61 Å². The molecule has 0 N–H and O–H groups in total. The highest BCUT2D eigenvalue weighted by Crippen LogP contribution is 2.14. The van der Waals surface area contributed by atoms with Gasteiger partial charge in [0, 0.05) is 12.1 Å². The van der Waals surface area contributed by atoms with Crippen LogP contribution in [0.2, 0.25) is 0 Å². The van der Waals surface area contributed by atoms with Crippen LogP contribution < -0.4 is 0 Å². The number of hydrogen-bond donors (Lipinski definition) is 0. The number of hydrogen-bond acceptors (Lipinski definition) is 2. The maximum atomic E-state index is 13.3. The lowest BCUT2D eigenvalue weighted by atomic mass is 10.1. The second kappa shape index (κ2) is 4.61. The molecule has 1 aromatic rings. The number of carbonyl (C=O) groups is 1. The lowest BCUT2D eigenvalue weighted by molar-refractivity contribution is -0.144. The number of rotatable bonds is 1. The number of halogens is 1. The first-order chi connectivity index (χ1) is 7.68. The van der Waals surface area contributed by atoms with Crippen LogP contribution in [0.1, 0.15) is 28.8 Å². The summed E-state index contributed by atoms with van der Waals surface area (Å²) < 4.78 is 13.3. The second-order valence-electron chi connectivity index (χ2n) is 3.91. The zero-order valence-corrected chi connectivity index (χ0v) is 9.20. The van der Waals surface area contributed by atoms with Crippen molar-refractivity contribution >= 4 is 5.91 Å². The standard InChI is InChI=1S/C12H14FNO2/c1-9-4-5-10(8-11(9)13)12(15)14-6-2-3-7-16-14/h4-5,8H,2-3,6-7H2,1H3. The van der Waals surface area contributed by atoms with Crippen molar-refractivity contribution in [1.29, 1.82) is 0 Å². The van der Waals surface area contributed by atoms with Gasteiger partial charge in [0.25, 0.3) is 5.91 Å². The van der Waals surface area contributed by atoms with Crippen molar-refractivity contribution in [3.8, 4) is 0 Å². The highest BCUT2D eigenvalue weighted by atomic mass is 19.1. The van der Waals surface area contributed by atoms with Crippen molar-refractivity contribution < 1.29 is 14.0 Å². The summed E-state index contributed by atoms with van der Waals surface area (Å²) in [5.74, 6) is -0.624. The molecule has 0 aliphatic carbocycles. The third kappa shape index (κ3) is 2.22. The number of aryl methyl sites for hydroxylation is 1. The zero-order chi connectivity index (χ0) is 11.5. The number of carbonyl (C=O) groups excluding carboxylic acids is 1. The van der Waals surface area contributed by atoms with Crippen LogP contribution in [-0.2, 0) is 4.84 Å². The van der Waals surface area contributed by atoms with Crippen molar-refractivity contribution in [2.45, 2.75) is 19.8 Å². The van der Waals surface area contributed by atoms with Crippen LogP contribution >= 0.6 is 0 Å². The Morgan fingerprint density at radius 1 is 1.44 bits per heavy atom. The van der Waals surface area contributed by atoms with Gasteiger partial charge in [-0.3, -0.25) is 9.63 Å². The van der Waals surface area contributed by atoms with Gasteiger partial charge in [0.2, 0.25) is 0 Å². The van der Waals surface area contributed by atoms with Gasteiger partial charge in [-0.05, 0) is 37.5 Å². The SMILES string of the molecule is Cc1ccc(C(=O)N2CCCCO2)cc1F. The lowest BCUT2D eigenvalue weighted by Gasteiger charge is -2.25. The fourth-order valence-corrected chi connectivity index (χ4v) is 1.63. The van der Waals surface area contributed by atoms with E-state index in [1.165, 1.54) is 11.1 Å². The smallest absolute Gasteiger partial charge is 0.271 e. The minimum atomic E-state index is -0.358. The van der Waals surface area contributed by atoms with E-state index in [2.05, 4.69) is 0 Å². The Balaban J connectivity index is 2.16. The van der Waals surface area contributed by atoms with Gasteiger partial charge < -0.3 is 0 Å². The molecule has 1 saturated heterocycles. The predicted octanol–water partition coefficient (Wildman–Crippen LogP) is 2.30. The summed E-state index contributed by atoms with van der Waals surface area (Å²) in [6.45, 7) is 2.80. The van der Waals surface area contributed by atoms with Crippen molar-refractivity contribution in [3.05, 3.63) is 35.1 Å². The molecule has 0 spiro atoms. The molecule has 1 aromatic carbocycles. The fourth-order valence-electron chi connectivity index (χ4n) is 1.63. The molecule has 0 radical (unpaired) electrons. The van der Waals surface area contributed by atoms with Gasteiger partial charge in [-0.25, -0.2) is 9.45 Å². The summed E-state index contributed by atoms with van der Waals surface area (Å²) in [6, 6.07) is 4.49. The van der Waals surface area contributed by atoms with E-state index in [-0.39, 0.29) is 11.7 Å². The van der Waals surface area contributed by atoms with Crippen molar-refractivity contribution in [1.82, 2.24) is 5.06 Å². The molecule has 1 aliphatic heterocycles. The average Bonchev–Trinajstić information content (AvgIpc) is 2.33. The van der Waals surface area contributed by atoms with Gasteiger partial charge in [-0.1, -0.05) is 6.07 Å². The van der Waals surface area contributed by atoms with E-state index in [4.69, 9.17) is 4.84 Å². The minimum Gasteiger partial charge on any atom is -0.271 e. The monoisotopic (exact) mass is 223 g/mol. The van der Waals surface area contributed by atoms with E-state index in [1.54, 1.807) is 19.1 Å². The highest BCUT2D eigenvalue weighted by Gasteiger charge is 2.19. The maximum Gasteiger partial charge on any atom is 0.277 e. The molecule has 1 heterocycles. The first kappa shape index (κ1) is 11.1. The average molecular weight is 223 g/mol. The summed E-state index contributed by atoms with van der Waals surface area (Å²) in [7, 11) is 0. The van der Waals surface area contributed by atoms with Crippen LogP contribution in [0.25, 0.3) is 0 Å². The predicted molar refractivity (Wildman–Crippen MR) is 57.4 cm³/mol. The summed E-state index contributed by atoms with van der Waals surface area (Å²) in [5, 5.41) is 1.31. The Labute approximate surface area is 93.8 Å². The quantitative estimate of drug-likeness (QED) is 0.731. The first-order valence-electron chi connectivity index (χ1n) is 5.39. The fraction of sp³-hybridized carbons (Fsp3) is 0.417. The largest absolute Gasteiger partial charge is 0.277 e. The molecule has 1 fully saturated rings. The highest BCUT2D eigenvalue weighted by molar-refractivity contribution is 5.93. The Bertz CT molecular complexity index is 400. The Kier molecular flexibility index (Phi) is 3.19. The molecule has 86 valence electrons. The summed E-state index contributed by atoms with van der Waals surface area (Å²) in [4.78, 5) is 17.1. The minimum absolute atomic E-state index is 0.265. The van der Waals surface area contributed by atoms with E-state index in [0.717, 1.165) is 12.8 Å². The molecular formula is C12H14FNO2. The van der Waals surface area contributed by atoms with E-state index < -0.39 is 0 Å². The topological polar surface area (TPSA) is 29.5 Å². The summed E-state index contributed by atoms with van der Waals surface area (Å²) in [5.41, 5.74) is 0.876. The number of amides is 1. The van der Waals surface area contributed by atoms with Crippen LogP contribution in [0.5, 0.6) is 0 Å². The van der Waals surface area contributed by atoms with Crippen LogP contribution in [0.4, 0.5) is 4.39 Å². The Hall–Kier alpha value is -1.42.